The molecule has 0 amide bonds. The first-order chi connectivity index (χ1) is 6.69. The SMILES string of the molecule is COc1cc(C)c(Cl)c(CCON)c1. The Hall–Kier alpha value is -0.770. The van der Waals surface area contributed by atoms with Crippen LogP contribution in [0.15, 0.2) is 12.1 Å². The average molecular weight is 216 g/mol. The smallest absolute Gasteiger partial charge is 0.119 e. The maximum Gasteiger partial charge on any atom is 0.119 e. The molecule has 14 heavy (non-hydrogen) atoms. The molecule has 0 aliphatic heterocycles. The molecule has 0 heterocycles. The molecule has 0 saturated heterocycles. The number of hydrogen-bond acceptors (Lipinski definition) is 3. The van der Waals surface area contributed by atoms with E-state index in [2.05, 4.69) is 4.84 Å². The van der Waals surface area contributed by atoms with Gasteiger partial charge >= 0.3 is 0 Å². The first-order valence-corrected chi connectivity index (χ1v) is 4.71. The van der Waals surface area contributed by atoms with E-state index in [1.54, 1.807) is 7.11 Å². The van der Waals surface area contributed by atoms with Crippen LogP contribution in [0.4, 0.5) is 0 Å². The van der Waals surface area contributed by atoms with Crippen molar-refractivity contribution in [3.05, 3.63) is 28.3 Å². The van der Waals surface area contributed by atoms with E-state index in [1.165, 1.54) is 0 Å². The molecule has 2 N–H and O–H groups in total. The van der Waals surface area contributed by atoms with Crippen molar-refractivity contribution in [3.63, 3.8) is 0 Å². The number of methoxy groups -OCH3 is 1. The second kappa shape index (κ2) is 5.20. The average Bonchev–Trinajstić information content (AvgIpc) is 2.20. The summed E-state index contributed by atoms with van der Waals surface area (Å²) in [7, 11) is 1.63. The van der Waals surface area contributed by atoms with Gasteiger partial charge in [-0.3, -0.25) is 0 Å². The Kier molecular flexibility index (Phi) is 4.20. The van der Waals surface area contributed by atoms with Crippen LogP contribution in [0.3, 0.4) is 0 Å². The number of halogens is 1. The van der Waals surface area contributed by atoms with Gasteiger partial charge in [0.1, 0.15) is 5.75 Å². The zero-order valence-electron chi connectivity index (χ0n) is 8.34. The van der Waals surface area contributed by atoms with Crippen LogP contribution in [-0.4, -0.2) is 13.7 Å². The van der Waals surface area contributed by atoms with Crippen LogP contribution in [0.2, 0.25) is 5.02 Å². The topological polar surface area (TPSA) is 44.5 Å². The Morgan fingerprint density at radius 3 is 2.71 bits per heavy atom. The van der Waals surface area contributed by atoms with Crippen LogP contribution in [0, 0.1) is 6.92 Å². The number of hydrogen-bond donors (Lipinski definition) is 1. The number of rotatable bonds is 4. The van der Waals surface area contributed by atoms with Crippen molar-refractivity contribution >= 4 is 11.6 Å². The summed E-state index contributed by atoms with van der Waals surface area (Å²) in [6, 6.07) is 3.80. The molecule has 0 aliphatic rings. The summed E-state index contributed by atoms with van der Waals surface area (Å²) in [4.78, 5) is 4.51. The summed E-state index contributed by atoms with van der Waals surface area (Å²) in [5.41, 5.74) is 1.99. The normalized spacial score (nSPS) is 10.3. The van der Waals surface area contributed by atoms with Crippen LogP contribution in [0.5, 0.6) is 5.75 Å². The third-order valence-electron chi connectivity index (χ3n) is 2.03. The molecule has 0 unspecified atom stereocenters. The fourth-order valence-corrected chi connectivity index (χ4v) is 1.48. The van der Waals surface area contributed by atoms with Gasteiger partial charge in [0, 0.05) is 5.02 Å². The van der Waals surface area contributed by atoms with Crippen molar-refractivity contribution in [1.82, 2.24) is 0 Å². The van der Waals surface area contributed by atoms with E-state index in [-0.39, 0.29) is 0 Å². The zero-order chi connectivity index (χ0) is 10.6. The van der Waals surface area contributed by atoms with Gasteiger partial charge in [-0.25, -0.2) is 5.90 Å². The molecular weight excluding hydrogens is 202 g/mol. The van der Waals surface area contributed by atoms with E-state index < -0.39 is 0 Å². The molecule has 0 atom stereocenters. The first-order valence-electron chi connectivity index (χ1n) is 4.33. The summed E-state index contributed by atoms with van der Waals surface area (Å²) in [6.45, 7) is 2.39. The molecule has 0 spiro atoms. The molecular formula is C10H14ClNO2. The second-order valence-electron chi connectivity index (χ2n) is 3.04. The predicted octanol–water partition coefficient (Wildman–Crippen LogP) is 2.09. The highest BCUT2D eigenvalue weighted by molar-refractivity contribution is 6.32. The van der Waals surface area contributed by atoms with Crippen LogP contribution in [-0.2, 0) is 11.3 Å². The standard InChI is InChI=1S/C10H14ClNO2/c1-7-5-9(13-2)6-8(10(7)11)3-4-14-12/h5-6H,3-4,12H2,1-2H3. The van der Waals surface area contributed by atoms with Crippen molar-refractivity contribution in [2.45, 2.75) is 13.3 Å². The lowest BCUT2D eigenvalue weighted by atomic mass is 10.1. The number of benzene rings is 1. The lowest BCUT2D eigenvalue weighted by molar-refractivity contribution is 0.141. The largest absolute Gasteiger partial charge is 0.497 e. The Morgan fingerprint density at radius 1 is 1.43 bits per heavy atom. The van der Waals surface area contributed by atoms with Crippen molar-refractivity contribution in [1.29, 1.82) is 0 Å². The van der Waals surface area contributed by atoms with E-state index in [9.17, 15) is 0 Å². The maximum atomic E-state index is 6.11. The molecule has 0 aliphatic carbocycles. The molecule has 78 valence electrons. The van der Waals surface area contributed by atoms with Crippen LogP contribution >= 0.6 is 11.6 Å². The minimum atomic E-state index is 0.451. The summed E-state index contributed by atoms with van der Waals surface area (Å²) >= 11 is 6.11. The van der Waals surface area contributed by atoms with E-state index in [4.69, 9.17) is 22.2 Å². The molecule has 0 bridgehead atoms. The molecule has 0 fully saturated rings. The van der Waals surface area contributed by atoms with Gasteiger partial charge in [-0.15, -0.1) is 0 Å². The van der Waals surface area contributed by atoms with Crippen LogP contribution < -0.4 is 10.6 Å². The van der Waals surface area contributed by atoms with E-state index in [0.717, 1.165) is 21.9 Å². The first kappa shape index (κ1) is 11.3. The van der Waals surface area contributed by atoms with E-state index in [1.807, 2.05) is 19.1 Å². The van der Waals surface area contributed by atoms with Gasteiger partial charge in [0.05, 0.1) is 13.7 Å². The van der Waals surface area contributed by atoms with Gasteiger partial charge in [-0.05, 0) is 36.6 Å². The highest BCUT2D eigenvalue weighted by atomic mass is 35.5. The summed E-state index contributed by atoms with van der Waals surface area (Å²) in [6.07, 6.45) is 0.688. The quantitative estimate of drug-likeness (QED) is 0.783. The van der Waals surface area contributed by atoms with Gasteiger partial charge in [-0.2, -0.15) is 0 Å². The van der Waals surface area contributed by atoms with Crippen molar-refractivity contribution in [2.24, 2.45) is 5.90 Å². The van der Waals surface area contributed by atoms with Crippen molar-refractivity contribution in [2.75, 3.05) is 13.7 Å². The summed E-state index contributed by atoms with van der Waals surface area (Å²) < 4.78 is 5.14. The molecule has 1 aromatic rings. The molecule has 0 saturated carbocycles. The minimum Gasteiger partial charge on any atom is -0.497 e. The lowest BCUT2D eigenvalue weighted by Gasteiger charge is -2.09. The number of aryl methyl sites for hydroxylation is 1. The predicted molar refractivity (Wildman–Crippen MR) is 56.6 cm³/mol. The fraction of sp³-hybridized carbons (Fsp3) is 0.400. The van der Waals surface area contributed by atoms with Gasteiger partial charge < -0.3 is 9.57 Å². The maximum absolute atomic E-state index is 6.11. The van der Waals surface area contributed by atoms with Gasteiger partial charge in [0.15, 0.2) is 0 Å². The Labute approximate surface area is 88.7 Å². The molecule has 1 rings (SSSR count). The number of nitrogens with two attached hydrogens (primary N) is 1. The van der Waals surface area contributed by atoms with E-state index in [0.29, 0.717) is 13.0 Å². The summed E-state index contributed by atoms with van der Waals surface area (Å²) in [5.74, 6) is 5.77. The third-order valence-corrected chi connectivity index (χ3v) is 2.57. The van der Waals surface area contributed by atoms with Gasteiger partial charge in [0.25, 0.3) is 0 Å². The molecule has 0 radical (unpaired) electrons. The van der Waals surface area contributed by atoms with Crippen LogP contribution in [0.1, 0.15) is 11.1 Å². The molecule has 0 aromatic heterocycles. The van der Waals surface area contributed by atoms with Crippen molar-refractivity contribution < 1.29 is 9.57 Å². The highest BCUT2D eigenvalue weighted by Crippen LogP contribution is 2.26. The van der Waals surface area contributed by atoms with Crippen molar-refractivity contribution in [3.8, 4) is 5.75 Å². The van der Waals surface area contributed by atoms with E-state index >= 15 is 0 Å². The molecule has 4 heteroatoms. The minimum absolute atomic E-state index is 0.451. The summed E-state index contributed by atoms with van der Waals surface area (Å²) in [5, 5.41) is 0.753. The van der Waals surface area contributed by atoms with Gasteiger partial charge in [0.2, 0.25) is 0 Å². The Morgan fingerprint density at radius 2 is 2.14 bits per heavy atom. The second-order valence-corrected chi connectivity index (χ2v) is 3.42. The van der Waals surface area contributed by atoms with Crippen LogP contribution in [0.25, 0.3) is 0 Å². The van der Waals surface area contributed by atoms with Gasteiger partial charge in [-0.1, -0.05) is 11.6 Å². The fourth-order valence-electron chi connectivity index (χ4n) is 1.28. The zero-order valence-corrected chi connectivity index (χ0v) is 9.10. The highest BCUT2D eigenvalue weighted by Gasteiger charge is 2.06. The molecule has 1 aromatic carbocycles. The molecule has 3 nitrogen and oxygen atoms in total. The monoisotopic (exact) mass is 215 g/mol. The third kappa shape index (κ3) is 2.61. The number of ether oxygens (including phenoxy) is 1. The Balaban J connectivity index is 2.95. The Bertz CT molecular complexity index is 315. The lowest BCUT2D eigenvalue weighted by Crippen LogP contribution is -2.04.